The summed E-state index contributed by atoms with van der Waals surface area (Å²) in [6.07, 6.45) is 0. The second-order valence-electron chi connectivity index (χ2n) is 4.72. The van der Waals surface area contributed by atoms with E-state index in [1.165, 1.54) is 0 Å². The molecule has 0 bridgehead atoms. The highest BCUT2D eigenvalue weighted by atomic mass is 16.5. The van der Waals surface area contributed by atoms with Crippen molar-refractivity contribution in [2.45, 2.75) is 20.8 Å². The van der Waals surface area contributed by atoms with Crippen LogP contribution in [-0.4, -0.2) is 30.9 Å². The van der Waals surface area contributed by atoms with E-state index in [1.807, 2.05) is 0 Å². The third-order valence-electron chi connectivity index (χ3n) is 2.63. The van der Waals surface area contributed by atoms with Crippen molar-refractivity contribution in [3.05, 3.63) is 29.8 Å². The molecule has 0 spiro atoms. The van der Waals surface area contributed by atoms with Gasteiger partial charge in [-0.05, 0) is 31.2 Å². The first-order valence-electron chi connectivity index (χ1n) is 6.78. The highest BCUT2D eigenvalue weighted by Crippen LogP contribution is 2.10. The molecule has 6 nitrogen and oxygen atoms in total. The average molecular weight is 292 g/mol. The fourth-order valence-corrected chi connectivity index (χ4v) is 1.48. The van der Waals surface area contributed by atoms with E-state index >= 15 is 0 Å². The highest BCUT2D eigenvalue weighted by molar-refractivity contribution is 5.95. The quantitative estimate of drug-likeness (QED) is 0.780. The van der Waals surface area contributed by atoms with Crippen molar-refractivity contribution in [3.63, 3.8) is 0 Å². The highest BCUT2D eigenvalue weighted by Gasteiger charge is 2.10. The van der Waals surface area contributed by atoms with Crippen LogP contribution in [0.3, 0.4) is 0 Å². The fraction of sp³-hybridized carbons (Fsp3) is 0.400. The number of benzene rings is 1. The summed E-state index contributed by atoms with van der Waals surface area (Å²) in [7, 11) is 0. The summed E-state index contributed by atoms with van der Waals surface area (Å²) in [5, 5.41) is 5.15. The van der Waals surface area contributed by atoms with E-state index in [4.69, 9.17) is 4.74 Å². The van der Waals surface area contributed by atoms with Gasteiger partial charge in [0, 0.05) is 11.6 Å². The van der Waals surface area contributed by atoms with Gasteiger partial charge in [-0.1, -0.05) is 13.8 Å². The number of esters is 1. The summed E-state index contributed by atoms with van der Waals surface area (Å²) in [6, 6.07) is 6.35. The molecule has 1 aromatic rings. The van der Waals surface area contributed by atoms with E-state index < -0.39 is 5.97 Å². The molecule has 2 amide bonds. The molecule has 0 fully saturated rings. The van der Waals surface area contributed by atoms with Gasteiger partial charge in [0.15, 0.2) is 0 Å². The molecule has 1 rings (SSSR count). The van der Waals surface area contributed by atoms with Gasteiger partial charge < -0.3 is 15.4 Å². The third kappa shape index (κ3) is 5.64. The third-order valence-corrected chi connectivity index (χ3v) is 2.63. The number of carbonyl (C=O) groups excluding carboxylic acids is 3. The molecular weight excluding hydrogens is 272 g/mol. The number of hydrogen-bond acceptors (Lipinski definition) is 4. The lowest BCUT2D eigenvalue weighted by molar-refractivity contribution is -0.126. The number of carbonyl (C=O) groups is 3. The Labute approximate surface area is 123 Å². The molecule has 0 aliphatic rings. The van der Waals surface area contributed by atoms with Gasteiger partial charge in [0.05, 0.1) is 18.7 Å². The van der Waals surface area contributed by atoms with Crippen LogP contribution in [0, 0.1) is 5.92 Å². The van der Waals surface area contributed by atoms with Crippen molar-refractivity contribution in [3.8, 4) is 0 Å². The molecule has 1 aromatic carbocycles. The van der Waals surface area contributed by atoms with Crippen LogP contribution in [0.1, 0.15) is 31.1 Å². The van der Waals surface area contributed by atoms with Gasteiger partial charge in [0.25, 0.3) is 0 Å². The van der Waals surface area contributed by atoms with Gasteiger partial charge in [0.2, 0.25) is 11.8 Å². The van der Waals surface area contributed by atoms with Crippen LogP contribution in [0.15, 0.2) is 24.3 Å². The van der Waals surface area contributed by atoms with Crippen LogP contribution >= 0.6 is 0 Å². The van der Waals surface area contributed by atoms with Gasteiger partial charge in [0.1, 0.15) is 0 Å². The molecule has 0 heterocycles. The van der Waals surface area contributed by atoms with Crippen molar-refractivity contribution in [1.82, 2.24) is 5.32 Å². The maximum absolute atomic E-state index is 11.6. The SMILES string of the molecule is CCOC(=O)c1ccc(NC(=O)CNC(=O)C(C)C)cc1. The first-order chi connectivity index (χ1) is 9.93. The van der Waals surface area contributed by atoms with E-state index in [0.717, 1.165) is 0 Å². The van der Waals surface area contributed by atoms with Crippen LogP contribution in [0.25, 0.3) is 0 Å². The monoisotopic (exact) mass is 292 g/mol. The molecule has 0 atom stereocenters. The molecule has 2 N–H and O–H groups in total. The molecule has 0 radical (unpaired) electrons. The molecule has 0 aromatic heterocycles. The topological polar surface area (TPSA) is 84.5 Å². The molecular formula is C15H20N2O4. The van der Waals surface area contributed by atoms with Gasteiger partial charge in [-0.3, -0.25) is 9.59 Å². The van der Waals surface area contributed by atoms with Crippen LogP contribution in [0.4, 0.5) is 5.69 Å². The maximum Gasteiger partial charge on any atom is 0.338 e. The Morgan fingerprint density at radius 2 is 1.76 bits per heavy atom. The molecule has 0 unspecified atom stereocenters. The number of nitrogens with one attached hydrogen (secondary N) is 2. The van der Waals surface area contributed by atoms with E-state index in [9.17, 15) is 14.4 Å². The fourth-order valence-electron chi connectivity index (χ4n) is 1.48. The van der Waals surface area contributed by atoms with Crippen molar-refractivity contribution < 1.29 is 19.1 Å². The lowest BCUT2D eigenvalue weighted by Gasteiger charge is -2.09. The van der Waals surface area contributed by atoms with Crippen molar-refractivity contribution in [1.29, 1.82) is 0 Å². The molecule has 21 heavy (non-hydrogen) atoms. The maximum atomic E-state index is 11.6. The van der Waals surface area contributed by atoms with E-state index in [-0.39, 0.29) is 24.3 Å². The van der Waals surface area contributed by atoms with Crippen molar-refractivity contribution in [2.75, 3.05) is 18.5 Å². The Morgan fingerprint density at radius 3 is 2.29 bits per heavy atom. The van der Waals surface area contributed by atoms with E-state index in [1.54, 1.807) is 45.0 Å². The average Bonchev–Trinajstić information content (AvgIpc) is 2.45. The smallest absolute Gasteiger partial charge is 0.338 e. The molecule has 0 saturated carbocycles. The second kappa shape index (κ2) is 8.04. The normalized spacial score (nSPS) is 10.1. The molecule has 114 valence electrons. The predicted molar refractivity (Wildman–Crippen MR) is 78.9 cm³/mol. The van der Waals surface area contributed by atoms with Crippen LogP contribution in [-0.2, 0) is 14.3 Å². The zero-order valence-electron chi connectivity index (χ0n) is 12.4. The zero-order chi connectivity index (χ0) is 15.8. The Hall–Kier alpha value is -2.37. The molecule has 0 aliphatic carbocycles. The lowest BCUT2D eigenvalue weighted by atomic mass is 10.2. The first-order valence-corrected chi connectivity index (χ1v) is 6.78. The standard InChI is InChI=1S/C15H20N2O4/c1-4-21-15(20)11-5-7-12(8-6-11)17-13(18)9-16-14(19)10(2)3/h5-8,10H,4,9H2,1-3H3,(H,16,19)(H,17,18). The van der Waals surface area contributed by atoms with Crippen molar-refractivity contribution >= 4 is 23.5 Å². The van der Waals surface area contributed by atoms with Gasteiger partial charge in [-0.25, -0.2) is 4.79 Å². The Balaban J connectivity index is 2.50. The van der Waals surface area contributed by atoms with Gasteiger partial charge in [-0.2, -0.15) is 0 Å². The van der Waals surface area contributed by atoms with E-state index in [0.29, 0.717) is 17.9 Å². The second-order valence-corrected chi connectivity index (χ2v) is 4.72. The summed E-state index contributed by atoms with van der Waals surface area (Å²) in [6.45, 7) is 5.46. The number of amides is 2. The Morgan fingerprint density at radius 1 is 1.14 bits per heavy atom. The minimum atomic E-state index is -0.403. The lowest BCUT2D eigenvalue weighted by Crippen LogP contribution is -2.35. The Kier molecular flexibility index (Phi) is 6.39. The minimum Gasteiger partial charge on any atom is -0.462 e. The Bertz CT molecular complexity index is 509. The summed E-state index contributed by atoms with van der Waals surface area (Å²) in [4.78, 5) is 34.4. The first kappa shape index (κ1) is 16.7. The summed E-state index contributed by atoms with van der Waals surface area (Å²) in [5.41, 5.74) is 0.967. The summed E-state index contributed by atoms with van der Waals surface area (Å²) in [5.74, 6) is -1.07. The molecule has 6 heteroatoms. The summed E-state index contributed by atoms with van der Waals surface area (Å²) < 4.78 is 4.86. The van der Waals surface area contributed by atoms with E-state index in [2.05, 4.69) is 10.6 Å². The number of rotatable bonds is 6. The molecule has 0 saturated heterocycles. The molecule has 0 aliphatic heterocycles. The largest absolute Gasteiger partial charge is 0.462 e. The summed E-state index contributed by atoms with van der Waals surface area (Å²) >= 11 is 0. The van der Waals surface area contributed by atoms with Gasteiger partial charge >= 0.3 is 5.97 Å². The van der Waals surface area contributed by atoms with Crippen molar-refractivity contribution in [2.24, 2.45) is 5.92 Å². The van der Waals surface area contributed by atoms with Crippen LogP contribution in [0.2, 0.25) is 0 Å². The minimum absolute atomic E-state index is 0.0867. The van der Waals surface area contributed by atoms with Crippen LogP contribution < -0.4 is 10.6 Å². The number of ether oxygens (including phenoxy) is 1. The van der Waals surface area contributed by atoms with Gasteiger partial charge in [-0.15, -0.1) is 0 Å². The predicted octanol–water partition coefficient (Wildman–Crippen LogP) is 1.57. The number of anilines is 1. The van der Waals surface area contributed by atoms with Crippen LogP contribution in [0.5, 0.6) is 0 Å². The number of hydrogen-bond donors (Lipinski definition) is 2. The zero-order valence-corrected chi connectivity index (χ0v) is 12.4.